The summed E-state index contributed by atoms with van der Waals surface area (Å²) in [4.78, 5) is 1.19. The van der Waals surface area contributed by atoms with Crippen molar-refractivity contribution < 1.29 is 4.74 Å². The van der Waals surface area contributed by atoms with E-state index in [0.717, 1.165) is 3.92 Å². The van der Waals surface area contributed by atoms with Crippen molar-refractivity contribution in [2.75, 3.05) is 0 Å². The summed E-state index contributed by atoms with van der Waals surface area (Å²) in [6.07, 6.45) is 0. The number of thiophene rings is 1. The van der Waals surface area contributed by atoms with E-state index in [9.17, 15) is 0 Å². The Balaban J connectivity index is 1.93. The first-order chi connectivity index (χ1) is 6.34. The summed E-state index contributed by atoms with van der Waals surface area (Å²) in [6.45, 7) is 0.569. The monoisotopic (exact) mass is 276 g/mol. The van der Waals surface area contributed by atoms with Crippen molar-refractivity contribution >= 4 is 38.6 Å². The Morgan fingerprint density at radius 3 is 3.00 bits per heavy atom. The largest absolute Gasteiger partial charge is 0.463 e. The molecule has 0 saturated heterocycles. The number of hydrogen-bond acceptors (Lipinski definition) is 5. The van der Waals surface area contributed by atoms with Crippen molar-refractivity contribution in [3.63, 3.8) is 0 Å². The molecule has 0 aromatic carbocycles. The van der Waals surface area contributed by atoms with E-state index in [0.29, 0.717) is 11.8 Å². The summed E-state index contributed by atoms with van der Waals surface area (Å²) in [7, 11) is 0. The highest BCUT2D eigenvalue weighted by atomic mass is 79.9. The molecule has 2 aromatic rings. The fraction of sp³-hybridized carbons (Fsp3) is 0.143. The van der Waals surface area contributed by atoms with Crippen LogP contribution < -0.4 is 4.74 Å². The lowest BCUT2D eigenvalue weighted by Gasteiger charge is -1.96. The number of hydrogen-bond donors (Lipinski definition) is 0. The molecule has 0 N–H and O–H groups in total. The highest BCUT2D eigenvalue weighted by Crippen LogP contribution is 2.23. The second-order valence-electron chi connectivity index (χ2n) is 2.19. The summed E-state index contributed by atoms with van der Waals surface area (Å²) >= 11 is 6.27. The van der Waals surface area contributed by atoms with Gasteiger partial charge in [0.2, 0.25) is 0 Å². The molecule has 13 heavy (non-hydrogen) atoms. The molecule has 0 saturated carbocycles. The van der Waals surface area contributed by atoms with Crippen LogP contribution in [0, 0.1) is 0 Å². The summed E-state index contributed by atoms with van der Waals surface area (Å²) in [5.74, 6) is 0. The van der Waals surface area contributed by atoms with Crippen LogP contribution in [0.25, 0.3) is 0 Å². The van der Waals surface area contributed by atoms with Crippen LogP contribution in [0.3, 0.4) is 0 Å². The predicted molar refractivity (Wildman–Crippen MR) is 56.3 cm³/mol. The average Bonchev–Trinajstić information content (AvgIpc) is 2.71. The first kappa shape index (κ1) is 9.11. The molecule has 2 rings (SSSR count). The molecule has 0 spiro atoms. The van der Waals surface area contributed by atoms with Gasteiger partial charge >= 0.3 is 0 Å². The van der Waals surface area contributed by atoms with Gasteiger partial charge in [-0.15, -0.1) is 16.4 Å². The highest BCUT2D eigenvalue weighted by Gasteiger charge is 2.02. The molecule has 68 valence electrons. The van der Waals surface area contributed by atoms with Crippen molar-refractivity contribution in [3.05, 3.63) is 26.3 Å². The van der Waals surface area contributed by atoms with Crippen molar-refractivity contribution in [1.82, 2.24) is 10.2 Å². The lowest BCUT2D eigenvalue weighted by molar-refractivity contribution is 0.305. The van der Waals surface area contributed by atoms with E-state index in [2.05, 4.69) is 26.1 Å². The maximum absolute atomic E-state index is 5.40. The van der Waals surface area contributed by atoms with Crippen molar-refractivity contribution in [3.8, 4) is 5.19 Å². The van der Waals surface area contributed by atoms with Gasteiger partial charge in [-0.3, -0.25) is 0 Å². The van der Waals surface area contributed by atoms with Gasteiger partial charge < -0.3 is 4.74 Å². The van der Waals surface area contributed by atoms with Crippen LogP contribution in [-0.2, 0) is 6.61 Å². The van der Waals surface area contributed by atoms with Crippen LogP contribution in [-0.4, -0.2) is 10.2 Å². The van der Waals surface area contributed by atoms with E-state index < -0.39 is 0 Å². The molecular formula is C7H5BrN2OS2. The summed E-state index contributed by atoms with van der Waals surface area (Å²) in [5.41, 5.74) is 0. The zero-order valence-corrected chi connectivity index (χ0v) is 9.66. The van der Waals surface area contributed by atoms with Gasteiger partial charge in [-0.05, 0) is 38.7 Å². The molecule has 0 bridgehead atoms. The Morgan fingerprint density at radius 2 is 2.38 bits per heavy atom. The van der Waals surface area contributed by atoms with Crippen LogP contribution in [0.1, 0.15) is 4.88 Å². The number of nitrogens with zero attached hydrogens (tertiary/aromatic N) is 2. The Morgan fingerprint density at radius 1 is 1.46 bits per heavy atom. The lowest BCUT2D eigenvalue weighted by atomic mass is 10.5. The fourth-order valence-electron chi connectivity index (χ4n) is 0.779. The van der Waals surface area contributed by atoms with Gasteiger partial charge in [0.05, 0.1) is 0 Å². The zero-order chi connectivity index (χ0) is 9.10. The third-order valence-electron chi connectivity index (χ3n) is 1.30. The van der Waals surface area contributed by atoms with E-state index in [1.807, 2.05) is 17.5 Å². The molecule has 0 aliphatic heterocycles. The number of rotatable bonds is 3. The van der Waals surface area contributed by atoms with E-state index in [-0.39, 0.29) is 0 Å². The second-order valence-corrected chi connectivity index (χ2v) is 5.44. The molecule has 3 nitrogen and oxygen atoms in total. The van der Waals surface area contributed by atoms with E-state index in [4.69, 9.17) is 4.74 Å². The maximum Gasteiger partial charge on any atom is 0.295 e. The Bertz CT molecular complexity index is 374. The maximum atomic E-state index is 5.40. The van der Waals surface area contributed by atoms with Crippen LogP contribution in [0.4, 0.5) is 0 Å². The molecule has 0 aliphatic carbocycles. The minimum atomic E-state index is 0.569. The van der Waals surface area contributed by atoms with Gasteiger partial charge in [0.15, 0.2) is 3.92 Å². The summed E-state index contributed by atoms with van der Waals surface area (Å²) < 4.78 is 6.14. The van der Waals surface area contributed by atoms with Gasteiger partial charge in [0.25, 0.3) is 5.19 Å². The lowest BCUT2D eigenvalue weighted by Crippen LogP contribution is -1.91. The molecule has 0 unspecified atom stereocenters. The predicted octanol–water partition coefficient (Wildman–Crippen LogP) is 2.94. The van der Waals surface area contributed by atoms with Crippen molar-refractivity contribution in [1.29, 1.82) is 0 Å². The van der Waals surface area contributed by atoms with Crippen molar-refractivity contribution in [2.45, 2.75) is 6.61 Å². The first-order valence-corrected chi connectivity index (χ1v) is 5.98. The minimum Gasteiger partial charge on any atom is -0.463 e. The number of aromatic nitrogens is 2. The molecule has 2 aromatic heterocycles. The molecule has 0 fully saturated rings. The molecule has 0 amide bonds. The quantitative estimate of drug-likeness (QED) is 0.865. The second kappa shape index (κ2) is 4.17. The van der Waals surface area contributed by atoms with Gasteiger partial charge in [-0.1, -0.05) is 11.2 Å². The van der Waals surface area contributed by atoms with Gasteiger partial charge in [-0.25, -0.2) is 0 Å². The average molecular weight is 277 g/mol. The van der Waals surface area contributed by atoms with E-state index in [1.165, 1.54) is 16.2 Å². The molecule has 0 aliphatic rings. The van der Waals surface area contributed by atoms with Crippen LogP contribution in [0.15, 0.2) is 21.4 Å². The fourth-order valence-corrected chi connectivity index (χ4v) is 2.31. The molecule has 0 radical (unpaired) electrons. The van der Waals surface area contributed by atoms with E-state index in [1.54, 1.807) is 11.3 Å². The van der Waals surface area contributed by atoms with Crippen molar-refractivity contribution in [2.24, 2.45) is 0 Å². The Labute approximate surface area is 91.5 Å². The van der Waals surface area contributed by atoms with Gasteiger partial charge in [0, 0.05) is 4.88 Å². The summed E-state index contributed by atoms with van der Waals surface area (Å²) in [6, 6.07) is 4.03. The van der Waals surface area contributed by atoms with Crippen LogP contribution in [0.5, 0.6) is 5.19 Å². The van der Waals surface area contributed by atoms with E-state index >= 15 is 0 Å². The zero-order valence-electron chi connectivity index (χ0n) is 6.44. The standard InChI is InChI=1S/C7H5BrN2OS2/c8-6-9-10-7(13-6)11-4-5-2-1-3-12-5/h1-3H,4H2. The topological polar surface area (TPSA) is 35.0 Å². The molecule has 2 heterocycles. The number of ether oxygens (including phenoxy) is 1. The third kappa shape index (κ3) is 2.49. The summed E-state index contributed by atoms with van der Waals surface area (Å²) in [5, 5.41) is 10.2. The first-order valence-electron chi connectivity index (χ1n) is 3.49. The SMILES string of the molecule is Brc1nnc(OCc2cccs2)s1. The number of halogens is 1. The molecular weight excluding hydrogens is 272 g/mol. The third-order valence-corrected chi connectivity index (χ3v) is 3.42. The minimum absolute atomic E-state index is 0.569. The van der Waals surface area contributed by atoms with Gasteiger partial charge in [0.1, 0.15) is 6.61 Å². The Kier molecular flexibility index (Phi) is 2.92. The highest BCUT2D eigenvalue weighted by molar-refractivity contribution is 9.11. The van der Waals surface area contributed by atoms with Gasteiger partial charge in [-0.2, -0.15) is 0 Å². The van der Waals surface area contributed by atoms with Crippen LogP contribution in [0.2, 0.25) is 0 Å². The Hall–Kier alpha value is -0.460. The van der Waals surface area contributed by atoms with Crippen LogP contribution >= 0.6 is 38.6 Å². The normalized spacial score (nSPS) is 10.2. The molecule has 6 heteroatoms. The smallest absolute Gasteiger partial charge is 0.295 e. The molecule has 0 atom stereocenters.